The highest BCUT2D eigenvalue weighted by Crippen LogP contribution is 2.29. The Bertz CT molecular complexity index is 404. The summed E-state index contributed by atoms with van der Waals surface area (Å²) in [6.07, 6.45) is 1.65. The third-order valence-electron chi connectivity index (χ3n) is 2.57. The second-order valence-electron chi connectivity index (χ2n) is 3.58. The van der Waals surface area contributed by atoms with Crippen LogP contribution in [0.1, 0.15) is 17.4 Å². The monoisotopic (exact) mass is 240 g/mol. The lowest BCUT2D eigenvalue weighted by atomic mass is 10.2. The van der Waals surface area contributed by atoms with E-state index in [0.717, 1.165) is 0 Å². The first-order valence-corrected chi connectivity index (χ1v) is 5.96. The molecule has 86 valence electrons. The van der Waals surface area contributed by atoms with Gasteiger partial charge in [-0.1, -0.05) is 0 Å². The minimum absolute atomic E-state index is 0.100. The Morgan fingerprint density at radius 3 is 2.94 bits per heavy atom. The molecule has 5 nitrogen and oxygen atoms in total. The van der Waals surface area contributed by atoms with Crippen LogP contribution in [-0.2, 0) is 4.79 Å². The van der Waals surface area contributed by atoms with Crippen LogP contribution in [0.4, 0.5) is 0 Å². The molecule has 1 amide bonds. The summed E-state index contributed by atoms with van der Waals surface area (Å²) in [5, 5.41) is 8.93. The van der Waals surface area contributed by atoms with Crippen LogP contribution in [-0.4, -0.2) is 44.0 Å². The van der Waals surface area contributed by atoms with E-state index >= 15 is 0 Å². The van der Waals surface area contributed by atoms with E-state index in [-0.39, 0.29) is 11.3 Å². The number of nitrogens with one attached hydrogen (secondary N) is 1. The number of carbonyl (C=O) groups is 2. The van der Waals surface area contributed by atoms with Crippen LogP contribution in [0.2, 0.25) is 0 Å². The van der Waals surface area contributed by atoms with E-state index in [0.29, 0.717) is 11.4 Å². The number of carboxylic acids is 1. The predicted molar refractivity (Wildman–Crippen MR) is 60.3 cm³/mol. The Balaban J connectivity index is 2.24. The fourth-order valence-electron chi connectivity index (χ4n) is 1.74. The van der Waals surface area contributed by atoms with Crippen molar-refractivity contribution in [1.29, 1.82) is 0 Å². The Morgan fingerprint density at radius 2 is 2.38 bits per heavy atom. The number of rotatable bonds is 2. The predicted octanol–water partition coefficient (Wildman–Crippen LogP) is 1.00. The molecule has 2 unspecified atom stereocenters. The van der Waals surface area contributed by atoms with Gasteiger partial charge in [-0.2, -0.15) is 0 Å². The molecule has 2 rings (SSSR count). The van der Waals surface area contributed by atoms with Gasteiger partial charge in [-0.05, 0) is 19.1 Å². The van der Waals surface area contributed by atoms with Crippen molar-refractivity contribution in [2.75, 3.05) is 5.75 Å². The third-order valence-corrected chi connectivity index (χ3v) is 3.79. The van der Waals surface area contributed by atoms with Crippen molar-refractivity contribution in [3.05, 3.63) is 24.0 Å². The zero-order chi connectivity index (χ0) is 11.7. The molecule has 0 radical (unpaired) electrons. The van der Waals surface area contributed by atoms with Gasteiger partial charge >= 0.3 is 5.97 Å². The summed E-state index contributed by atoms with van der Waals surface area (Å²) >= 11 is 1.48. The van der Waals surface area contributed by atoms with Gasteiger partial charge in [0.2, 0.25) is 0 Å². The second kappa shape index (κ2) is 4.21. The molecular weight excluding hydrogens is 228 g/mol. The average molecular weight is 240 g/mol. The number of aromatic nitrogens is 1. The third kappa shape index (κ3) is 1.80. The smallest absolute Gasteiger partial charge is 0.327 e. The van der Waals surface area contributed by atoms with Gasteiger partial charge in [-0.3, -0.25) is 4.79 Å². The van der Waals surface area contributed by atoms with Gasteiger partial charge in [0.1, 0.15) is 11.7 Å². The van der Waals surface area contributed by atoms with E-state index in [1.165, 1.54) is 16.7 Å². The van der Waals surface area contributed by atoms with Crippen molar-refractivity contribution in [3.63, 3.8) is 0 Å². The van der Waals surface area contributed by atoms with E-state index in [2.05, 4.69) is 4.98 Å². The maximum atomic E-state index is 12.1. The number of carbonyl (C=O) groups excluding carboxylic acids is 1. The van der Waals surface area contributed by atoms with Crippen molar-refractivity contribution in [2.45, 2.75) is 18.3 Å². The average Bonchev–Trinajstić information content (AvgIpc) is 2.84. The van der Waals surface area contributed by atoms with E-state index in [1.807, 2.05) is 6.92 Å². The molecule has 2 heterocycles. The summed E-state index contributed by atoms with van der Waals surface area (Å²) in [4.78, 5) is 27.3. The SMILES string of the molecule is CC1SCC(C(=O)O)N1C(=O)c1ccc[nH]1. The molecule has 1 aliphatic rings. The number of nitrogens with zero attached hydrogens (tertiary/aromatic N) is 1. The lowest BCUT2D eigenvalue weighted by Crippen LogP contribution is -2.44. The van der Waals surface area contributed by atoms with Gasteiger partial charge in [0.25, 0.3) is 5.91 Å². The fourth-order valence-corrected chi connectivity index (χ4v) is 2.91. The number of carboxylic acid groups (broad SMARTS) is 1. The summed E-state index contributed by atoms with van der Waals surface area (Å²) in [7, 11) is 0. The quantitative estimate of drug-likeness (QED) is 0.809. The van der Waals surface area contributed by atoms with Crippen molar-refractivity contribution in [2.24, 2.45) is 0 Å². The number of aromatic amines is 1. The molecule has 1 fully saturated rings. The van der Waals surface area contributed by atoms with Crippen LogP contribution in [0.3, 0.4) is 0 Å². The maximum Gasteiger partial charge on any atom is 0.327 e. The molecule has 0 aliphatic carbocycles. The normalized spacial score (nSPS) is 24.7. The van der Waals surface area contributed by atoms with Gasteiger partial charge in [-0.15, -0.1) is 11.8 Å². The minimum Gasteiger partial charge on any atom is -0.480 e. The Hall–Kier alpha value is -1.43. The van der Waals surface area contributed by atoms with Crippen molar-refractivity contribution >= 4 is 23.6 Å². The standard InChI is InChI=1S/C10H12N2O3S/c1-6-12(8(5-16-6)10(14)15)9(13)7-3-2-4-11-7/h2-4,6,8,11H,5H2,1H3,(H,14,15). The van der Waals surface area contributed by atoms with Gasteiger partial charge in [0.05, 0.1) is 5.37 Å². The van der Waals surface area contributed by atoms with Gasteiger partial charge < -0.3 is 15.0 Å². The molecule has 0 bridgehead atoms. The van der Waals surface area contributed by atoms with Crippen LogP contribution < -0.4 is 0 Å². The van der Waals surface area contributed by atoms with E-state index in [4.69, 9.17) is 5.11 Å². The topological polar surface area (TPSA) is 73.4 Å². The van der Waals surface area contributed by atoms with Gasteiger partial charge in [0.15, 0.2) is 0 Å². The van der Waals surface area contributed by atoms with E-state index in [1.54, 1.807) is 18.3 Å². The summed E-state index contributed by atoms with van der Waals surface area (Å²) < 4.78 is 0. The van der Waals surface area contributed by atoms with E-state index < -0.39 is 12.0 Å². The Labute approximate surface area is 96.8 Å². The lowest BCUT2D eigenvalue weighted by molar-refractivity contribution is -0.141. The molecule has 0 saturated carbocycles. The first kappa shape index (κ1) is 11.1. The molecule has 2 N–H and O–H groups in total. The van der Waals surface area contributed by atoms with E-state index in [9.17, 15) is 9.59 Å². The van der Waals surface area contributed by atoms with Crippen LogP contribution in [0.15, 0.2) is 18.3 Å². The van der Waals surface area contributed by atoms with Crippen molar-refractivity contribution in [3.8, 4) is 0 Å². The number of aliphatic carboxylic acids is 1. The molecule has 1 aromatic heterocycles. The maximum absolute atomic E-state index is 12.1. The zero-order valence-electron chi connectivity index (χ0n) is 8.71. The molecule has 6 heteroatoms. The zero-order valence-corrected chi connectivity index (χ0v) is 9.53. The number of hydrogen-bond donors (Lipinski definition) is 2. The van der Waals surface area contributed by atoms with Crippen molar-refractivity contribution < 1.29 is 14.7 Å². The summed E-state index contributed by atoms with van der Waals surface area (Å²) in [5.41, 5.74) is 0.431. The highest BCUT2D eigenvalue weighted by Gasteiger charge is 2.39. The molecule has 2 atom stereocenters. The van der Waals surface area contributed by atoms with Crippen molar-refractivity contribution in [1.82, 2.24) is 9.88 Å². The molecule has 16 heavy (non-hydrogen) atoms. The number of hydrogen-bond acceptors (Lipinski definition) is 3. The first-order valence-electron chi connectivity index (χ1n) is 4.91. The Morgan fingerprint density at radius 1 is 1.62 bits per heavy atom. The first-order chi connectivity index (χ1) is 7.61. The van der Waals surface area contributed by atoms with Gasteiger partial charge in [0, 0.05) is 11.9 Å². The molecular formula is C10H12N2O3S. The summed E-state index contributed by atoms with van der Waals surface area (Å²) in [5.74, 6) is -0.755. The highest BCUT2D eigenvalue weighted by atomic mass is 32.2. The lowest BCUT2D eigenvalue weighted by Gasteiger charge is -2.24. The van der Waals surface area contributed by atoms with Crippen LogP contribution >= 0.6 is 11.8 Å². The number of thioether (sulfide) groups is 1. The van der Waals surface area contributed by atoms with Gasteiger partial charge in [-0.25, -0.2) is 4.79 Å². The fraction of sp³-hybridized carbons (Fsp3) is 0.400. The molecule has 1 aliphatic heterocycles. The summed E-state index contributed by atoms with van der Waals surface area (Å²) in [6, 6.07) is 2.64. The molecule has 1 saturated heterocycles. The number of amides is 1. The van der Waals surface area contributed by atoms with Crippen LogP contribution in [0, 0.1) is 0 Å². The minimum atomic E-state index is -0.947. The molecule has 0 aromatic carbocycles. The Kier molecular flexibility index (Phi) is 2.91. The molecule has 1 aromatic rings. The molecule has 0 spiro atoms. The largest absolute Gasteiger partial charge is 0.480 e. The number of H-pyrrole nitrogens is 1. The summed E-state index contributed by atoms with van der Waals surface area (Å²) in [6.45, 7) is 1.84. The highest BCUT2D eigenvalue weighted by molar-refractivity contribution is 8.00. The van der Waals surface area contributed by atoms with Crippen LogP contribution in [0.5, 0.6) is 0 Å². The van der Waals surface area contributed by atoms with Crippen LogP contribution in [0.25, 0.3) is 0 Å². The second-order valence-corrected chi connectivity index (χ2v) is 4.93.